The highest BCUT2D eigenvalue weighted by molar-refractivity contribution is 6.03. The zero-order valence-electron chi connectivity index (χ0n) is 16.5. The Morgan fingerprint density at radius 2 is 1.79 bits per heavy atom. The molecule has 28 heavy (non-hydrogen) atoms. The number of fused-ring (bicyclic) bond motifs is 1. The van der Waals surface area contributed by atoms with Crippen molar-refractivity contribution in [3.63, 3.8) is 0 Å². The minimum absolute atomic E-state index is 0.0805. The van der Waals surface area contributed by atoms with E-state index in [9.17, 15) is 4.79 Å². The van der Waals surface area contributed by atoms with Crippen LogP contribution in [0.25, 0.3) is 5.95 Å². The van der Waals surface area contributed by atoms with Crippen LogP contribution in [0.4, 0.5) is 5.82 Å². The average Bonchev–Trinajstić information content (AvgIpc) is 3.06. The van der Waals surface area contributed by atoms with E-state index in [4.69, 9.17) is 4.74 Å². The number of methoxy groups -OCH3 is 1. The lowest BCUT2D eigenvalue weighted by Gasteiger charge is -2.23. The number of nitrogens with zero attached hydrogens (tertiary/aromatic N) is 4. The summed E-state index contributed by atoms with van der Waals surface area (Å²) in [4.78, 5) is 22.1. The molecule has 4 rings (SSSR count). The number of aryl methyl sites for hydroxylation is 2. The van der Waals surface area contributed by atoms with E-state index in [-0.39, 0.29) is 11.7 Å². The van der Waals surface area contributed by atoms with E-state index in [1.54, 1.807) is 18.8 Å². The first kappa shape index (κ1) is 18.2. The zero-order valence-corrected chi connectivity index (χ0v) is 16.5. The van der Waals surface area contributed by atoms with Gasteiger partial charge >= 0.3 is 0 Å². The number of carbonyl (C=O) groups is 1. The highest BCUT2D eigenvalue weighted by Gasteiger charge is 2.33. The molecule has 0 fully saturated rings. The maximum absolute atomic E-state index is 13.0. The van der Waals surface area contributed by atoms with E-state index in [1.807, 2.05) is 44.2 Å². The van der Waals surface area contributed by atoms with Crippen LogP contribution in [0.2, 0.25) is 0 Å². The van der Waals surface area contributed by atoms with Crippen LogP contribution in [0, 0.1) is 13.8 Å². The molecular formula is C21H23N5O2. The summed E-state index contributed by atoms with van der Waals surface area (Å²) in [5, 5.41) is 7.66. The monoisotopic (exact) mass is 377 g/mol. The number of ether oxygens (including phenoxy) is 1. The number of hydrogen-bond donors (Lipinski definition) is 1. The van der Waals surface area contributed by atoms with E-state index in [0.29, 0.717) is 30.2 Å². The van der Waals surface area contributed by atoms with Crippen LogP contribution in [0.3, 0.4) is 0 Å². The summed E-state index contributed by atoms with van der Waals surface area (Å²) in [5.74, 6) is 2.05. The lowest BCUT2D eigenvalue weighted by Crippen LogP contribution is -2.21. The Morgan fingerprint density at radius 1 is 1.11 bits per heavy atom. The molecule has 0 amide bonds. The van der Waals surface area contributed by atoms with Gasteiger partial charge in [0, 0.05) is 24.9 Å². The molecule has 1 aromatic carbocycles. The first-order valence-electron chi connectivity index (χ1n) is 9.29. The Bertz CT molecular complexity index is 1020. The molecule has 1 N–H and O–H groups in total. The van der Waals surface area contributed by atoms with Gasteiger partial charge in [-0.2, -0.15) is 0 Å². The van der Waals surface area contributed by atoms with Crippen LogP contribution in [0.5, 0.6) is 5.75 Å². The fraction of sp³-hybridized carbons (Fsp3) is 0.333. The Kier molecular flexibility index (Phi) is 4.58. The first-order valence-corrected chi connectivity index (χ1v) is 9.29. The molecule has 0 radical (unpaired) electrons. The minimum atomic E-state index is 0.0805. The molecular weight excluding hydrogens is 354 g/mol. The second-order valence-corrected chi connectivity index (χ2v) is 7.08. The molecule has 0 spiro atoms. The quantitative estimate of drug-likeness (QED) is 0.752. The highest BCUT2D eigenvalue weighted by atomic mass is 16.5. The van der Waals surface area contributed by atoms with Gasteiger partial charge in [0.05, 0.1) is 18.4 Å². The molecule has 0 saturated carbocycles. The summed E-state index contributed by atoms with van der Waals surface area (Å²) in [5.41, 5.74) is 4.35. The number of ketones is 1. The Morgan fingerprint density at radius 3 is 2.39 bits per heavy atom. The van der Waals surface area contributed by atoms with Crippen molar-refractivity contribution in [2.75, 3.05) is 19.5 Å². The largest absolute Gasteiger partial charge is 0.497 e. The normalized spacial score (nSPS) is 16.0. The lowest BCUT2D eigenvalue weighted by molar-refractivity contribution is 0.0964. The summed E-state index contributed by atoms with van der Waals surface area (Å²) in [7, 11) is 3.42. The molecule has 7 heteroatoms. The zero-order chi connectivity index (χ0) is 19.8. The third kappa shape index (κ3) is 3.13. The van der Waals surface area contributed by atoms with E-state index in [0.717, 1.165) is 28.4 Å². The van der Waals surface area contributed by atoms with Crippen LogP contribution >= 0.6 is 0 Å². The summed E-state index contributed by atoms with van der Waals surface area (Å²) >= 11 is 0. The molecule has 1 aliphatic carbocycles. The fourth-order valence-corrected chi connectivity index (χ4v) is 3.82. The van der Waals surface area contributed by atoms with E-state index < -0.39 is 0 Å². The van der Waals surface area contributed by atoms with Crippen LogP contribution in [0.15, 0.2) is 30.3 Å². The van der Waals surface area contributed by atoms with Gasteiger partial charge in [-0.3, -0.25) is 4.79 Å². The molecule has 0 saturated heterocycles. The molecule has 0 bridgehead atoms. The number of Topliss-reactive ketones (excluding diaryl/α,β-unsaturated/α-hetero) is 1. The second kappa shape index (κ2) is 7.07. The van der Waals surface area contributed by atoms with E-state index in [1.165, 1.54) is 0 Å². The highest BCUT2D eigenvalue weighted by Crippen LogP contribution is 2.37. The predicted molar refractivity (Wildman–Crippen MR) is 107 cm³/mol. The second-order valence-electron chi connectivity index (χ2n) is 7.08. The van der Waals surface area contributed by atoms with Gasteiger partial charge in [-0.25, -0.2) is 14.6 Å². The summed E-state index contributed by atoms with van der Waals surface area (Å²) in [6.07, 6.45) is 1.14. The number of rotatable bonds is 4. The molecule has 2 aromatic heterocycles. The van der Waals surface area contributed by atoms with Gasteiger partial charge in [0.2, 0.25) is 0 Å². The molecule has 0 aliphatic heterocycles. The van der Waals surface area contributed by atoms with Crippen LogP contribution in [-0.2, 0) is 6.42 Å². The Hall–Kier alpha value is -3.22. The number of carbonyl (C=O) groups excluding carboxylic acids is 1. The standard InChI is InChI=1S/C21H23N5O2/c1-12-9-13(2)24-21(23-12)26-17-10-15(14-5-7-16(28-4)8-6-14)11-18(27)19(17)20(22-3)25-26/h5-9,15H,10-11H2,1-4H3,(H,22,25). The van der Waals surface area contributed by atoms with Crippen molar-refractivity contribution in [1.29, 1.82) is 0 Å². The molecule has 3 aromatic rings. The Balaban J connectivity index is 1.79. The van der Waals surface area contributed by atoms with Crippen LogP contribution < -0.4 is 10.1 Å². The van der Waals surface area contributed by atoms with Gasteiger partial charge in [0.25, 0.3) is 5.95 Å². The van der Waals surface area contributed by atoms with Gasteiger partial charge < -0.3 is 10.1 Å². The molecule has 2 heterocycles. The Labute approximate surface area is 163 Å². The number of hydrogen-bond acceptors (Lipinski definition) is 6. The molecule has 1 unspecified atom stereocenters. The van der Waals surface area contributed by atoms with Crippen LogP contribution in [0.1, 0.15) is 45.3 Å². The van der Waals surface area contributed by atoms with E-state index in [2.05, 4.69) is 20.4 Å². The average molecular weight is 377 g/mol. The van der Waals surface area contributed by atoms with Gasteiger partial charge in [0.15, 0.2) is 11.6 Å². The predicted octanol–water partition coefficient (Wildman–Crippen LogP) is 3.24. The van der Waals surface area contributed by atoms with Crippen molar-refractivity contribution in [2.45, 2.75) is 32.6 Å². The molecule has 1 atom stereocenters. The maximum Gasteiger partial charge on any atom is 0.251 e. The smallest absolute Gasteiger partial charge is 0.251 e. The van der Waals surface area contributed by atoms with Gasteiger partial charge in [-0.05, 0) is 49.9 Å². The van der Waals surface area contributed by atoms with Crippen molar-refractivity contribution in [1.82, 2.24) is 19.7 Å². The van der Waals surface area contributed by atoms with Gasteiger partial charge in [0.1, 0.15) is 5.75 Å². The fourth-order valence-electron chi connectivity index (χ4n) is 3.82. The molecule has 7 nitrogen and oxygen atoms in total. The number of nitrogens with one attached hydrogen (secondary N) is 1. The molecule has 144 valence electrons. The molecule has 1 aliphatic rings. The van der Waals surface area contributed by atoms with Crippen molar-refractivity contribution in [3.8, 4) is 11.7 Å². The topological polar surface area (TPSA) is 81.9 Å². The van der Waals surface area contributed by atoms with Crippen molar-refractivity contribution < 1.29 is 9.53 Å². The third-order valence-electron chi connectivity index (χ3n) is 5.12. The maximum atomic E-state index is 13.0. The first-order chi connectivity index (χ1) is 13.5. The summed E-state index contributed by atoms with van der Waals surface area (Å²) < 4.78 is 6.96. The van der Waals surface area contributed by atoms with Crippen molar-refractivity contribution >= 4 is 11.6 Å². The summed E-state index contributed by atoms with van der Waals surface area (Å²) in [6, 6.07) is 9.82. The van der Waals surface area contributed by atoms with Gasteiger partial charge in [-0.1, -0.05) is 12.1 Å². The van der Waals surface area contributed by atoms with Crippen molar-refractivity contribution in [2.24, 2.45) is 0 Å². The van der Waals surface area contributed by atoms with Crippen molar-refractivity contribution in [3.05, 3.63) is 58.5 Å². The van der Waals surface area contributed by atoms with Crippen LogP contribution in [-0.4, -0.2) is 39.7 Å². The number of anilines is 1. The lowest BCUT2D eigenvalue weighted by atomic mass is 9.82. The summed E-state index contributed by atoms with van der Waals surface area (Å²) in [6.45, 7) is 3.86. The SMILES string of the molecule is CNc1nn(-c2nc(C)cc(C)n2)c2c1C(=O)CC(c1ccc(OC)cc1)C2. The number of aromatic nitrogens is 4. The third-order valence-corrected chi connectivity index (χ3v) is 5.12. The number of benzene rings is 1. The minimum Gasteiger partial charge on any atom is -0.497 e. The van der Waals surface area contributed by atoms with E-state index >= 15 is 0 Å². The van der Waals surface area contributed by atoms with Gasteiger partial charge in [-0.15, -0.1) is 5.10 Å².